The number of thioether (sulfide) groups is 1. The van der Waals surface area contributed by atoms with Gasteiger partial charge in [0.2, 0.25) is 0 Å². The van der Waals surface area contributed by atoms with E-state index < -0.39 is 0 Å². The quantitative estimate of drug-likeness (QED) is 0.919. The Hall–Kier alpha value is -1.20. The number of rotatable bonds is 5. The number of nitrogens with one attached hydrogen (secondary N) is 1. The second-order valence-electron chi connectivity index (χ2n) is 5.24. The van der Waals surface area contributed by atoms with Crippen LogP contribution in [0.2, 0.25) is 0 Å². The van der Waals surface area contributed by atoms with Crippen LogP contribution in [-0.4, -0.2) is 27.1 Å². The van der Waals surface area contributed by atoms with Crippen molar-refractivity contribution in [1.29, 1.82) is 0 Å². The van der Waals surface area contributed by atoms with E-state index in [0.717, 1.165) is 18.1 Å². The second kappa shape index (κ2) is 6.50. The van der Waals surface area contributed by atoms with Crippen LogP contribution in [0.25, 0.3) is 0 Å². The molecule has 0 aromatic carbocycles. The van der Waals surface area contributed by atoms with Crippen LogP contribution in [0.15, 0.2) is 35.2 Å². The van der Waals surface area contributed by atoms with Crippen molar-refractivity contribution in [3.63, 3.8) is 0 Å². The predicted octanol–water partition coefficient (Wildman–Crippen LogP) is 2.98. The van der Waals surface area contributed by atoms with E-state index in [9.17, 15) is 0 Å². The molecule has 20 heavy (non-hydrogen) atoms. The summed E-state index contributed by atoms with van der Waals surface area (Å²) in [5.41, 5.74) is 0. The van der Waals surface area contributed by atoms with E-state index in [0.29, 0.717) is 5.25 Å². The molecule has 2 aromatic heterocycles. The highest BCUT2D eigenvalue weighted by Crippen LogP contribution is 2.26. The first-order valence-corrected chi connectivity index (χ1v) is 8.25. The molecule has 1 saturated heterocycles. The first kappa shape index (κ1) is 13.8. The minimum Gasteiger partial charge on any atom is -0.467 e. The van der Waals surface area contributed by atoms with Crippen molar-refractivity contribution >= 4 is 11.8 Å². The average Bonchev–Trinajstić information content (AvgIpc) is 3.13. The molecular weight excluding hydrogens is 270 g/mol. The van der Waals surface area contributed by atoms with E-state index in [1.807, 2.05) is 36.1 Å². The van der Waals surface area contributed by atoms with E-state index >= 15 is 0 Å². The minimum atomic E-state index is 0.0347. The third-order valence-corrected chi connectivity index (χ3v) is 5.17. The van der Waals surface area contributed by atoms with Gasteiger partial charge >= 0.3 is 0 Å². The van der Waals surface area contributed by atoms with Gasteiger partial charge in [0.05, 0.1) is 6.26 Å². The summed E-state index contributed by atoms with van der Waals surface area (Å²) >= 11 is 2.08. The fraction of sp³-hybridized carbons (Fsp3) is 0.533. The van der Waals surface area contributed by atoms with Crippen LogP contribution in [-0.2, 0) is 7.05 Å². The highest BCUT2D eigenvalue weighted by molar-refractivity contribution is 7.99. The maximum Gasteiger partial charge on any atom is 0.133 e. The summed E-state index contributed by atoms with van der Waals surface area (Å²) < 4.78 is 7.64. The van der Waals surface area contributed by atoms with Gasteiger partial charge in [-0.3, -0.25) is 5.32 Å². The monoisotopic (exact) mass is 291 g/mol. The van der Waals surface area contributed by atoms with Crippen LogP contribution < -0.4 is 5.32 Å². The summed E-state index contributed by atoms with van der Waals surface area (Å²) in [6, 6.07) is 3.98. The van der Waals surface area contributed by atoms with Crippen molar-refractivity contribution in [3.05, 3.63) is 42.4 Å². The molecule has 0 bridgehead atoms. The van der Waals surface area contributed by atoms with Gasteiger partial charge in [0.15, 0.2) is 0 Å². The number of aryl methyl sites for hydroxylation is 1. The normalized spacial score (nSPS) is 20.9. The van der Waals surface area contributed by atoms with Gasteiger partial charge in [0.25, 0.3) is 0 Å². The Balaban J connectivity index is 1.71. The summed E-state index contributed by atoms with van der Waals surface area (Å²) in [4.78, 5) is 4.47. The summed E-state index contributed by atoms with van der Waals surface area (Å²) in [5, 5.41) is 4.35. The third-order valence-electron chi connectivity index (χ3n) is 3.77. The lowest BCUT2D eigenvalue weighted by atomic mass is 10.1. The van der Waals surface area contributed by atoms with Crippen LogP contribution in [0.1, 0.15) is 36.9 Å². The van der Waals surface area contributed by atoms with Crippen molar-refractivity contribution < 1.29 is 4.42 Å². The Morgan fingerprint density at radius 1 is 1.55 bits per heavy atom. The molecule has 5 heteroatoms. The number of aromatic nitrogens is 2. The summed E-state index contributed by atoms with van der Waals surface area (Å²) in [5.74, 6) is 3.22. The van der Waals surface area contributed by atoms with Crippen molar-refractivity contribution in [2.45, 2.75) is 30.6 Å². The molecule has 2 aromatic rings. The van der Waals surface area contributed by atoms with Gasteiger partial charge in [-0.1, -0.05) is 6.42 Å². The lowest BCUT2D eigenvalue weighted by molar-refractivity contribution is 0.426. The Labute approximate surface area is 124 Å². The van der Waals surface area contributed by atoms with Crippen molar-refractivity contribution in [2.75, 3.05) is 12.3 Å². The van der Waals surface area contributed by atoms with Gasteiger partial charge in [-0.25, -0.2) is 4.98 Å². The van der Waals surface area contributed by atoms with Crippen LogP contribution in [0, 0.1) is 0 Å². The largest absolute Gasteiger partial charge is 0.467 e. The van der Waals surface area contributed by atoms with E-state index in [-0.39, 0.29) is 6.04 Å². The van der Waals surface area contributed by atoms with Gasteiger partial charge in [-0.15, -0.1) is 0 Å². The van der Waals surface area contributed by atoms with Gasteiger partial charge in [-0.05, 0) is 30.7 Å². The maximum atomic E-state index is 5.59. The van der Waals surface area contributed by atoms with E-state index in [1.54, 1.807) is 6.26 Å². The molecule has 4 nitrogen and oxygen atoms in total. The molecule has 2 atom stereocenters. The average molecular weight is 291 g/mol. The molecule has 1 fully saturated rings. The smallest absolute Gasteiger partial charge is 0.133 e. The van der Waals surface area contributed by atoms with Crippen LogP contribution >= 0.6 is 11.8 Å². The molecule has 1 aliphatic heterocycles. The number of hydrogen-bond donors (Lipinski definition) is 1. The Morgan fingerprint density at radius 2 is 2.50 bits per heavy atom. The lowest BCUT2D eigenvalue weighted by Crippen LogP contribution is -2.32. The highest BCUT2D eigenvalue weighted by atomic mass is 32.2. The van der Waals surface area contributed by atoms with Crippen LogP contribution in [0.4, 0.5) is 0 Å². The molecular formula is C15H21N3OS. The molecule has 1 aliphatic rings. The Bertz CT molecular complexity index is 517. The number of nitrogens with zero attached hydrogens (tertiary/aromatic N) is 2. The van der Waals surface area contributed by atoms with Crippen LogP contribution in [0.5, 0.6) is 0 Å². The summed E-state index contributed by atoms with van der Waals surface area (Å²) in [7, 11) is 2.02. The summed E-state index contributed by atoms with van der Waals surface area (Å²) in [6.45, 7) is 1.00. The van der Waals surface area contributed by atoms with E-state index in [1.165, 1.54) is 25.0 Å². The first-order valence-electron chi connectivity index (χ1n) is 7.20. The van der Waals surface area contributed by atoms with Crippen molar-refractivity contribution in [2.24, 2.45) is 7.05 Å². The van der Waals surface area contributed by atoms with Crippen molar-refractivity contribution in [3.8, 4) is 0 Å². The second-order valence-corrected chi connectivity index (χ2v) is 6.65. The zero-order valence-corrected chi connectivity index (χ0v) is 12.6. The Morgan fingerprint density at radius 3 is 3.15 bits per heavy atom. The maximum absolute atomic E-state index is 5.59. The number of hydrogen-bond acceptors (Lipinski definition) is 4. The molecule has 0 radical (unpaired) electrons. The van der Waals surface area contributed by atoms with Gasteiger partial charge < -0.3 is 8.98 Å². The fourth-order valence-electron chi connectivity index (χ4n) is 2.65. The zero-order valence-electron chi connectivity index (χ0n) is 11.8. The molecule has 0 amide bonds. The van der Waals surface area contributed by atoms with Gasteiger partial charge in [-0.2, -0.15) is 11.8 Å². The molecule has 3 heterocycles. The topological polar surface area (TPSA) is 43.0 Å². The number of furan rings is 1. The molecule has 2 unspecified atom stereocenters. The molecule has 108 valence electrons. The lowest BCUT2D eigenvalue weighted by Gasteiger charge is -2.24. The highest BCUT2D eigenvalue weighted by Gasteiger charge is 2.22. The molecule has 0 saturated carbocycles. The standard InChI is InChI=1S/C15H21N3OS/c1-18-8-7-16-15(18)14(13-6-4-9-19-13)17-11-12-5-2-3-10-20-12/h4,6-9,12,14,17H,2-3,5,10-11H2,1H3. The molecule has 1 N–H and O–H groups in total. The first-order chi connectivity index (χ1) is 9.84. The third kappa shape index (κ3) is 3.10. The van der Waals surface area contributed by atoms with E-state index in [2.05, 4.69) is 22.1 Å². The predicted molar refractivity (Wildman–Crippen MR) is 81.9 cm³/mol. The fourth-order valence-corrected chi connectivity index (χ4v) is 3.90. The Kier molecular flexibility index (Phi) is 4.47. The van der Waals surface area contributed by atoms with E-state index in [4.69, 9.17) is 4.42 Å². The van der Waals surface area contributed by atoms with Gasteiger partial charge in [0, 0.05) is 31.2 Å². The minimum absolute atomic E-state index is 0.0347. The van der Waals surface area contributed by atoms with Crippen LogP contribution in [0.3, 0.4) is 0 Å². The molecule has 0 spiro atoms. The van der Waals surface area contributed by atoms with Crippen molar-refractivity contribution in [1.82, 2.24) is 14.9 Å². The zero-order chi connectivity index (χ0) is 13.8. The molecule has 3 rings (SSSR count). The SMILES string of the molecule is Cn1ccnc1C(NCC1CCCCS1)c1ccco1. The number of imidazole rings is 1. The summed E-state index contributed by atoms with van der Waals surface area (Å²) in [6.07, 6.45) is 9.56. The molecule has 0 aliphatic carbocycles. The van der Waals surface area contributed by atoms with Gasteiger partial charge in [0.1, 0.15) is 17.6 Å².